The van der Waals surface area contributed by atoms with Crippen molar-refractivity contribution < 1.29 is 39.0 Å². The second-order valence-corrected chi connectivity index (χ2v) is 7.39. The minimum Gasteiger partial charge on any atom is -0.508 e. The van der Waals surface area contributed by atoms with Crippen LogP contribution in [0.4, 0.5) is 0 Å². The van der Waals surface area contributed by atoms with Crippen molar-refractivity contribution in [3.05, 3.63) is 29.8 Å². The van der Waals surface area contributed by atoms with E-state index < -0.39 is 66.6 Å². The van der Waals surface area contributed by atoms with Crippen molar-refractivity contribution in [1.82, 2.24) is 16.0 Å². The second-order valence-electron chi connectivity index (χ2n) is 7.39. The third-order valence-electron chi connectivity index (χ3n) is 4.51. The zero-order chi connectivity index (χ0) is 25.8. The summed E-state index contributed by atoms with van der Waals surface area (Å²) in [7, 11) is 0. The molecule has 0 saturated carbocycles. The van der Waals surface area contributed by atoms with E-state index in [-0.39, 0.29) is 25.0 Å². The van der Waals surface area contributed by atoms with Gasteiger partial charge < -0.3 is 43.4 Å². The molecule has 0 radical (unpaired) electrons. The molecule has 0 aromatic heterocycles. The van der Waals surface area contributed by atoms with E-state index in [1.54, 1.807) is 0 Å². The highest BCUT2D eigenvalue weighted by atomic mass is 16.4. The van der Waals surface area contributed by atoms with Gasteiger partial charge in [-0.2, -0.15) is 0 Å². The van der Waals surface area contributed by atoms with Gasteiger partial charge in [0.1, 0.15) is 17.8 Å². The van der Waals surface area contributed by atoms with Crippen LogP contribution in [0.2, 0.25) is 0 Å². The fourth-order valence-electron chi connectivity index (χ4n) is 2.72. The highest BCUT2D eigenvalue weighted by Crippen LogP contribution is 2.11. The van der Waals surface area contributed by atoms with Gasteiger partial charge in [-0.15, -0.1) is 0 Å². The van der Waals surface area contributed by atoms with Crippen LogP contribution in [0.5, 0.6) is 5.75 Å². The zero-order valence-corrected chi connectivity index (χ0v) is 18.2. The Morgan fingerprint density at radius 2 is 1.50 bits per heavy atom. The van der Waals surface area contributed by atoms with Gasteiger partial charge in [0.25, 0.3) is 0 Å². The number of nitrogens with two attached hydrogens (primary N) is 3. The van der Waals surface area contributed by atoms with Crippen LogP contribution in [0.25, 0.3) is 0 Å². The van der Waals surface area contributed by atoms with Gasteiger partial charge in [0, 0.05) is 12.8 Å². The van der Waals surface area contributed by atoms with E-state index in [0.717, 1.165) is 0 Å². The monoisotopic (exact) mass is 480 g/mol. The van der Waals surface area contributed by atoms with E-state index in [0.29, 0.717) is 5.56 Å². The first-order valence-electron chi connectivity index (χ1n) is 10.1. The number of hydrogen-bond donors (Lipinski definition) is 8. The number of primary amides is 2. The fraction of sp³-hybridized carbons (Fsp3) is 0.400. The maximum atomic E-state index is 12.4. The molecule has 0 aliphatic rings. The van der Waals surface area contributed by atoms with Crippen LogP contribution < -0.4 is 33.2 Å². The van der Waals surface area contributed by atoms with Gasteiger partial charge in [0.15, 0.2) is 0 Å². The number of phenols is 1. The summed E-state index contributed by atoms with van der Waals surface area (Å²) < 4.78 is 0. The number of phenolic OH excluding ortho intramolecular Hbond substituents is 1. The maximum Gasteiger partial charge on any atom is 0.326 e. The molecule has 0 bridgehead atoms. The fourth-order valence-corrected chi connectivity index (χ4v) is 2.72. The molecular formula is C20H28N6O8. The molecule has 1 rings (SSSR count). The largest absolute Gasteiger partial charge is 0.508 e. The summed E-state index contributed by atoms with van der Waals surface area (Å²) in [4.78, 5) is 70.2. The van der Waals surface area contributed by atoms with Crippen LogP contribution >= 0.6 is 0 Å². The quantitative estimate of drug-likeness (QED) is 0.132. The van der Waals surface area contributed by atoms with Crippen LogP contribution in [-0.4, -0.2) is 70.4 Å². The zero-order valence-electron chi connectivity index (χ0n) is 18.2. The highest BCUT2D eigenvalue weighted by molar-refractivity contribution is 5.95. The topological polar surface area (TPSA) is 257 Å². The van der Waals surface area contributed by atoms with Crippen LogP contribution in [-0.2, 0) is 35.2 Å². The standard InChI is InChI=1S/C20H28N6O8/c21-12(5-6-15(22)28)18(31)26-13(8-16(23)29)19(32)24-9-17(30)25-14(20(33)34)7-10-1-3-11(27)4-2-10/h1-4,12-14,27H,5-9,21H2,(H2,22,28)(H2,23,29)(H,24,32)(H,25,30)(H,26,31)(H,33,34). The van der Waals surface area contributed by atoms with Crippen LogP contribution in [0, 0.1) is 0 Å². The number of aliphatic carboxylic acids is 1. The van der Waals surface area contributed by atoms with Gasteiger partial charge in [-0.3, -0.25) is 24.0 Å². The Morgan fingerprint density at radius 3 is 2.03 bits per heavy atom. The molecule has 0 aliphatic carbocycles. The SMILES string of the molecule is NC(=O)CCC(N)C(=O)NC(CC(N)=O)C(=O)NCC(=O)NC(Cc1ccc(O)cc1)C(=O)O. The third kappa shape index (κ3) is 10.4. The Hall–Kier alpha value is -4.20. The molecule has 0 spiro atoms. The first-order chi connectivity index (χ1) is 15.9. The van der Waals surface area contributed by atoms with Crippen molar-refractivity contribution in [1.29, 1.82) is 0 Å². The lowest BCUT2D eigenvalue weighted by Crippen LogP contribution is -2.54. The number of carboxylic acids is 1. The van der Waals surface area contributed by atoms with Gasteiger partial charge in [0.2, 0.25) is 29.5 Å². The minimum absolute atomic E-state index is 0.00574. The molecule has 11 N–H and O–H groups in total. The molecule has 3 unspecified atom stereocenters. The number of rotatable bonds is 14. The van der Waals surface area contributed by atoms with Gasteiger partial charge in [-0.25, -0.2) is 4.79 Å². The normalized spacial score (nSPS) is 13.1. The number of carbonyl (C=O) groups is 6. The summed E-state index contributed by atoms with van der Waals surface area (Å²) in [6.45, 7) is -0.656. The number of carbonyl (C=O) groups excluding carboxylic acids is 5. The van der Waals surface area contributed by atoms with Crippen molar-refractivity contribution in [3.8, 4) is 5.75 Å². The van der Waals surface area contributed by atoms with E-state index in [1.165, 1.54) is 24.3 Å². The molecule has 0 heterocycles. The molecule has 3 atom stereocenters. The number of nitrogens with one attached hydrogen (secondary N) is 3. The Morgan fingerprint density at radius 1 is 0.882 bits per heavy atom. The molecule has 14 heteroatoms. The lowest BCUT2D eigenvalue weighted by molar-refractivity contribution is -0.141. The smallest absolute Gasteiger partial charge is 0.326 e. The van der Waals surface area contributed by atoms with Crippen LogP contribution in [0.1, 0.15) is 24.8 Å². The summed E-state index contributed by atoms with van der Waals surface area (Å²) in [5.41, 5.74) is 16.2. The third-order valence-corrected chi connectivity index (χ3v) is 4.51. The summed E-state index contributed by atoms with van der Waals surface area (Å²) in [6.07, 6.45) is -0.943. The number of aromatic hydroxyl groups is 1. The van der Waals surface area contributed by atoms with E-state index >= 15 is 0 Å². The number of benzene rings is 1. The number of amides is 5. The van der Waals surface area contributed by atoms with Crippen molar-refractivity contribution in [2.24, 2.45) is 17.2 Å². The molecule has 186 valence electrons. The van der Waals surface area contributed by atoms with E-state index in [9.17, 15) is 39.0 Å². The first kappa shape index (κ1) is 27.8. The van der Waals surface area contributed by atoms with Gasteiger partial charge >= 0.3 is 5.97 Å². The lowest BCUT2D eigenvalue weighted by Gasteiger charge is -2.20. The van der Waals surface area contributed by atoms with E-state index in [1.807, 2.05) is 0 Å². The Labute approximate surface area is 194 Å². The van der Waals surface area contributed by atoms with E-state index in [4.69, 9.17) is 17.2 Å². The molecule has 1 aromatic rings. The minimum atomic E-state index is -1.45. The second kappa shape index (κ2) is 13.4. The Bertz CT molecular complexity index is 920. The molecule has 1 aromatic carbocycles. The van der Waals surface area contributed by atoms with Crippen molar-refractivity contribution in [2.75, 3.05) is 6.54 Å². The number of hydrogen-bond acceptors (Lipinski definition) is 8. The van der Waals surface area contributed by atoms with Gasteiger partial charge in [-0.1, -0.05) is 12.1 Å². The molecular weight excluding hydrogens is 452 g/mol. The van der Waals surface area contributed by atoms with Crippen molar-refractivity contribution in [2.45, 2.75) is 43.8 Å². The molecule has 34 heavy (non-hydrogen) atoms. The lowest BCUT2D eigenvalue weighted by atomic mass is 10.1. The summed E-state index contributed by atoms with van der Waals surface area (Å²) in [6, 6.07) is 1.75. The molecule has 5 amide bonds. The summed E-state index contributed by atoms with van der Waals surface area (Å²) >= 11 is 0. The first-order valence-corrected chi connectivity index (χ1v) is 10.1. The highest BCUT2D eigenvalue weighted by Gasteiger charge is 2.27. The Balaban J connectivity index is 2.68. The molecule has 0 saturated heterocycles. The molecule has 0 aliphatic heterocycles. The van der Waals surface area contributed by atoms with E-state index in [2.05, 4.69) is 16.0 Å². The Kier molecular flexibility index (Phi) is 10.9. The van der Waals surface area contributed by atoms with Gasteiger partial charge in [0.05, 0.1) is 19.0 Å². The predicted molar refractivity (Wildman–Crippen MR) is 117 cm³/mol. The average molecular weight is 480 g/mol. The maximum absolute atomic E-state index is 12.4. The van der Waals surface area contributed by atoms with Crippen LogP contribution in [0.3, 0.4) is 0 Å². The summed E-state index contributed by atoms with van der Waals surface area (Å²) in [5.74, 6) is -5.55. The van der Waals surface area contributed by atoms with Crippen molar-refractivity contribution in [3.63, 3.8) is 0 Å². The molecule has 14 nitrogen and oxygen atoms in total. The van der Waals surface area contributed by atoms with Crippen molar-refractivity contribution >= 4 is 35.5 Å². The average Bonchev–Trinajstić information content (AvgIpc) is 2.75. The summed E-state index contributed by atoms with van der Waals surface area (Å²) in [5, 5.41) is 25.3. The molecule has 0 fully saturated rings. The predicted octanol–water partition coefficient (Wildman–Crippen LogP) is -3.43. The van der Waals surface area contributed by atoms with Gasteiger partial charge in [-0.05, 0) is 24.1 Å². The number of carboxylic acid groups (broad SMARTS) is 1. The van der Waals surface area contributed by atoms with Crippen LogP contribution in [0.15, 0.2) is 24.3 Å².